The first kappa shape index (κ1) is 29.4. The van der Waals surface area contributed by atoms with Crippen molar-refractivity contribution in [2.75, 3.05) is 12.3 Å². The second-order valence-electron chi connectivity index (χ2n) is 10.1. The van der Waals surface area contributed by atoms with Crippen molar-refractivity contribution < 1.29 is 0 Å². The van der Waals surface area contributed by atoms with Crippen LogP contribution in [0.5, 0.6) is 0 Å². The third kappa shape index (κ3) is 15.0. The molecule has 1 atom stereocenters. The quantitative estimate of drug-likeness (QED) is 0.119. The zero-order valence-corrected chi connectivity index (χ0v) is 22.6. The Morgan fingerprint density at radius 3 is 1.21 bits per heavy atom. The molecule has 0 aliphatic heterocycles. The van der Waals surface area contributed by atoms with Crippen LogP contribution in [0.15, 0.2) is 0 Å². The Bertz CT molecular complexity index is 310. The maximum Gasteiger partial charge on any atom is -0.00944 e. The molecule has 176 valence electrons. The standard InChI is InChI=1S/C28H59P/c1-7-11-14-17-18-19-22-25-28(23-20-15-12-8-2,24-21-16-13-9-3)29(10-4)26-27(5)6/h27H,7-26H2,1-6H3. The van der Waals surface area contributed by atoms with E-state index in [2.05, 4.69) is 41.5 Å². The fourth-order valence-electron chi connectivity index (χ4n) is 5.12. The van der Waals surface area contributed by atoms with Crippen LogP contribution >= 0.6 is 7.92 Å². The highest BCUT2D eigenvalue weighted by molar-refractivity contribution is 7.59. The van der Waals surface area contributed by atoms with E-state index in [1.54, 1.807) is 19.3 Å². The third-order valence-electron chi connectivity index (χ3n) is 6.88. The van der Waals surface area contributed by atoms with E-state index in [1.165, 1.54) is 109 Å². The van der Waals surface area contributed by atoms with Crippen molar-refractivity contribution in [3.8, 4) is 0 Å². The van der Waals surface area contributed by atoms with Crippen LogP contribution < -0.4 is 0 Å². The lowest BCUT2D eigenvalue weighted by molar-refractivity contribution is 0.396. The molecule has 0 aromatic rings. The average molecular weight is 427 g/mol. The van der Waals surface area contributed by atoms with Crippen molar-refractivity contribution in [1.29, 1.82) is 0 Å². The average Bonchev–Trinajstić information content (AvgIpc) is 2.71. The molecule has 29 heavy (non-hydrogen) atoms. The van der Waals surface area contributed by atoms with Gasteiger partial charge in [0.2, 0.25) is 0 Å². The van der Waals surface area contributed by atoms with Gasteiger partial charge in [0.25, 0.3) is 0 Å². The first-order valence-electron chi connectivity index (χ1n) is 13.8. The SMILES string of the molecule is CCCCCCCCCC(CCCCCC)(CCCCCC)P(CC)CC(C)C. The van der Waals surface area contributed by atoms with Crippen molar-refractivity contribution in [2.24, 2.45) is 5.92 Å². The highest BCUT2D eigenvalue weighted by atomic mass is 31.1. The molecule has 0 nitrogen and oxygen atoms in total. The Labute approximate surface area is 188 Å². The molecule has 0 heterocycles. The molecular weight excluding hydrogens is 367 g/mol. The second kappa shape index (κ2) is 20.3. The van der Waals surface area contributed by atoms with Crippen LogP contribution in [0.25, 0.3) is 0 Å². The first-order valence-corrected chi connectivity index (χ1v) is 15.5. The van der Waals surface area contributed by atoms with E-state index in [9.17, 15) is 0 Å². The molecule has 0 aliphatic rings. The fraction of sp³-hybridized carbons (Fsp3) is 1.00. The lowest BCUT2D eigenvalue weighted by Gasteiger charge is -2.43. The lowest BCUT2D eigenvalue weighted by Crippen LogP contribution is -2.30. The Kier molecular flexibility index (Phi) is 20.6. The van der Waals surface area contributed by atoms with Crippen LogP contribution in [-0.2, 0) is 0 Å². The van der Waals surface area contributed by atoms with E-state index in [-0.39, 0.29) is 7.92 Å². The van der Waals surface area contributed by atoms with Crippen LogP contribution in [0.1, 0.15) is 157 Å². The molecule has 0 spiro atoms. The van der Waals surface area contributed by atoms with E-state index >= 15 is 0 Å². The summed E-state index contributed by atoms with van der Waals surface area (Å²) in [5.41, 5.74) is 0. The molecule has 0 rings (SSSR count). The smallest absolute Gasteiger partial charge is 0.00944 e. The maximum absolute atomic E-state index is 2.52. The van der Waals surface area contributed by atoms with Gasteiger partial charge >= 0.3 is 0 Å². The van der Waals surface area contributed by atoms with Gasteiger partial charge in [-0.15, -0.1) is 7.92 Å². The van der Waals surface area contributed by atoms with Gasteiger partial charge in [0, 0.05) is 0 Å². The van der Waals surface area contributed by atoms with Crippen molar-refractivity contribution in [3.63, 3.8) is 0 Å². The molecule has 0 aliphatic carbocycles. The Balaban J connectivity index is 5.01. The molecular formula is C28H59P. The van der Waals surface area contributed by atoms with Crippen LogP contribution in [0, 0.1) is 5.92 Å². The summed E-state index contributed by atoms with van der Waals surface area (Å²) in [5.74, 6) is 0.876. The first-order chi connectivity index (χ1) is 14.1. The summed E-state index contributed by atoms with van der Waals surface area (Å²) < 4.78 is 0. The summed E-state index contributed by atoms with van der Waals surface area (Å²) in [6.45, 7) is 14.5. The summed E-state index contributed by atoms with van der Waals surface area (Å²) in [4.78, 5) is 0. The molecule has 0 aromatic heterocycles. The number of hydrogen-bond donors (Lipinski definition) is 0. The summed E-state index contributed by atoms with van der Waals surface area (Å²) in [7, 11) is 0.182. The van der Waals surface area contributed by atoms with E-state index in [0.29, 0.717) is 5.16 Å². The number of hydrogen-bond acceptors (Lipinski definition) is 0. The molecule has 0 bridgehead atoms. The summed E-state index contributed by atoms with van der Waals surface area (Å²) in [6.07, 6.45) is 29.4. The van der Waals surface area contributed by atoms with E-state index in [1.807, 2.05) is 0 Å². The lowest BCUT2D eigenvalue weighted by atomic mass is 9.88. The van der Waals surface area contributed by atoms with E-state index in [4.69, 9.17) is 0 Å². The van der Waals surface area contributed by atoms with Gasteiger partial charge in [0.05, 0.1) is 0 Å². The monoisotopic (exact) mass is 426 g/mol. The molecule has 0 saturated heterocycles. The minimum Gasteiger partial charge on any atom is -0.100 e. The van der Waals surface area contributed by atoms with Gasteiger partial charge in [-0.25, -0.2) is 0 Å². The summed E-state index contributed by atoms with van der Waals surface area (Å²) in [5, 5.41) is 0.708. The molecule has 0 amide bonds. The normalized spacial score (nSPS) is 13.3. The predicted molar refractivity (Wildman–Crippen MR) is 140 cm³/mol. The maximum atomic E-state index is 2.52. The highest BCUT2D eigenvalue weighted by Gasteiger charge is 2.36. The van der Waals surface area contributed by atoms with Crippen LogP contribution in [0.2, 0.25) is 0 Å². The zero-order valence-electron chi connectivity index (χ0n) is 21.7. The Hall–Kier alpha value is 0.430. The van der Waals surface area contributed by atoms with Crippen LogP contribution in [0.4, 0.5) is 0 Å². The van der Waals surface area contributed by atoms with Gasteiger partial charge < -0.3 is 0 Å². The van der Waals surface area contributed by atoms with Gasteiger partial charge in [0.15, 0.2) is 0 Å². The summed E-state index contributed by atoms with van der Waals surface area (Å²) in [6, 6.07) is 0. The molecule has 0 N–H and O–H groups in total. The third-order valence-corrected chi connectivity index (χ3v) is 10.8. The van der Waals surface area contributed by atoms with Crippen molar-refractivity contribution in [1.82, 2.24) is 0 Å². The minimum atomic E-state index is 0.182. The van der Waals surface area contributed by atoms with E-state index in [0.717, 1.165) is 5.92 Å². The summed E-state index contributed by atoms with van der Waals surface area (Å²) >= 11 is 0. The molecule has 0 aromatic carbocycles. The molecule has 1 unspecified atom stereocenters. The Morgan fingerprint density at radius 2 is 0.862 bits per heavy atom. The van der Waals surface area contributed by atoms with Gasteiger partial charge in [-0.2, -0.15) is 0 Å². The predicted octanol–water partition coefficient (Wildman–Crippen LogP) is 11.0. The molecule has 0 saturated carbocycles. The number of unbranched alkanes of at least 4 members (excludes halogenated alkanes) is 12. The van der Waals surface area contributed by atoms with Crippen molar-refractivity contribution in [2.45, 2.75) is 162 Å². The molecule has 0 fully saturated rings. The van der Waals surface area contributed by atoms with Gasteiger partial charge in [-0.1, -0.05) is 138 Å². The minimum absolute atomic E-state index is 0.182. The molecule has 0 radical (unpaired) electrons. The topological polar surface area (TPSA) is 0 Å². The second-order valence-corrected chi connectivity index (χ2v) is 13.2. The van der Waals surface area contributed by atoms with Gasteiger partial charge in [0.1, 0.15) is 0 Å². The van der Waals surface area contributed by atoms with E-state index < -0.39 is 0 Å². The fourth-order valence-corrected chi connectivity index (χ4v) is 8.74. The van der Waals surface area contributed by atoms with Crippen molar-refractivity contribution >= 4 is 7.92 Å². The van der Waals surface area contributed by atoms with Crippen LogP contribution in [0.3, 0.4) is 0 Å². The zero-order chi connectivity index (χ0) is 21.8. The van der Waals surface area contributed by atoms with Gasteiger partial charge in [-0.3, -0.25) is 0 Å². The van der Waals surface area contributed by atoms with Gasteiger partial charge in [-0.05, 0) is 42.7 Å². The number of rotatable bonds is 22. The Morgan fingerprint density at radius 1 is 0.517 bits per heavy atom. The highest BCUT2D eigenvalue weighted by Crippen LogP contribution is 2.58. The largest absolute Gasteiger partial charge is 0.100 e. The molecule has 1 heteroatoms. The van der Waals surface area contributed by atoms with Crippen LogP contribution in [-0.4, -0.2) is 17.5 Å². The van der Waals surface area contributed by atoms with Crippen molar-refractivity contribution in [3.05, 3.63) is 0 Å².